The fourth-order valence-corrected chi connectivity index (χ4v) is 4.58. The van der Waals surface area contributed by atoms with E-state index in [0.29, 0.717) is 5.13 Å². The van der Waals surface area contributed by atoms with Gasteiger partial charge in [0.05, 0.1) is 17.8 Å². The summed E-state index contributed by atoms with van der Waals surface area (Å²) in [5.74, 6) is -0.0473. The van der Waals surface area contributed by atoms with Crippen molar-refractivity contribution < 1.29 is 4.79 Å². The summed E-state index contributed by atoms with van der Waals surface area (Å²) in [7, 11) is 0. The molecule has 0 spiro atoms. The van der Waals surface area contributed by atoms with Gasteiger partial charge in [-0.3, -0.25) is 10.1 Å². The molecule has 118 valence electrons. The second-order valence-electron chi connectivity index (χ2n) is 5.78. The van der Waals surface area contributed by atoms with Crippen LogP contribution in [0.1, 0.15) is 42.1 Å². The Kier molecular flexibility index (Phi) is 4.56. The van der Waals surface area contributed by atoms with Crippen LogP contribution in [0.4, 0.5) is 5.13 Å². The van der Waals surface area contributed by atoms with E-state index in [1.807, 2.05) is 19.2 Å². The van der Waals surface area contributed by atoms with Gasteiger partial charge in [-0.05, 0) is 26.7 Å². The van der Waals surface area contributed by atoms with Crippen LogP contribution in [0, 0.1) is 13.8 Å². The first-order chi connectivity index (χ1) is 10.6. The molecule has 0 aliphatic heterocycles. The van der Waals surface area contributed by atoms with Gasteiger partial charge in [0.2, 0.25) is 5.91 Å². The molecule has 7 heteroatoms. The normalized spacial score (nSPS) is 16.8. The summed E-state index contributed by atoms with van der Waals surface area (Å²) in [5.41, 5.74) is 1.85. The van der Waals surface area contributed by atoms with E-state index >= 15 is 0 Å². The van der Waals surface area contributed by atoms with Crippen LogP contribution >= 0.6 is 22.7 Å². The molecule has 0 atom stereocenters. The Morgan fingerprint density at radius 1 is 1.18 bits per heavy atom. The van der Waals surface area contributed by atoms with Gasteiger partial charge in [0.1, 0.15) is 5.01 Å². The van der Waals surface area contributed by atoms with Gasteiger partial charge in [0, 0.05) is 16.5 Å². The number of amides is 1. The van der Waals surface area contributed by atoms with Crippen molar-refractivity contribution in [3.8, 4) is 0 Å². The average molecular weight is 336 g/mol. The van der Waals surface area contributed by atoms with Gasteiger partial charge in [-0.15, -0.1) is 22.7 Å². The third kappa shape index (κ3) is 3.37. The minimum Gasteiger partial charge on any atom is -0.301 e. The molecule has 2 aromatic rings. The van der Waals surface area contributed by atoms with E-state index in [2.05, 4.69) is 26.0 Å². The van der Waals surface area contributed by atoms with Crippen LogP contribution in [0.5, 0.6) is 0 Å². The van der Waals surface area contributed by atoms with Gasteiger partial charge in [0.25, 0.3) is 0 Å². The molecule has 2 N–H and O–H groups in total. The summed E-state index contributed by atoms with van der Waals surface area (Å²) in [6.45, 7) is 4.22. The van der Waals surface area contributed by atoms with Gasteiger partial charge >= 0.3 is 0 Å². The van der Waals surface area contributed by atoms with Gasteiger partial charge in [0.15, 0.2) is 5.13 Å². The highest BCUT2D eigenvalue weighted by Crippen LogP contribution is 2.39. The highest BCUT2D eigenvalue weighted by Gasteiger charge is 2.38. The Morgan fingerprint density at radius 3 is 2.45 bits per heavy atom. The van der Waals surface area contributed by atoms with Crippen molar-refractivity contribution in [2.24, 2.45) is 0 Å². The predicted molar refractivity (Wildman–Crippen MR) is 90.5 cm³/mol. The van der Waals surface area contributed by atoms with Crippen molar-refractivity contribution in [3.63, 3.8) is 0 Å². The molecule has 1 amide bonds. The highest BCUT2D eigenvalue weighted by atomic mass is 32.1. The molecule has 0 saturated heterocycles. The number of carbonyl (C=O) groups is 1. The smallest absolute Gasteiger partial charge is 0.240 e. The molecule has 3 rings (SSSR count). The van der Waals surface area contributed by atoms with Crippen LogP contribution < -0.4 is 10.6 Å². The number of thiazole rings is 2. The lowest BCUT2D eigenvalue weighted by Crippen LogP contribution is -2.44. The number of carbonyl (C=O) groups excluding carboxylic acids is 1. The maximum atomic E-state index is 12.1. The van der Waals surface area contributed by atoms with Crippen molar-refractivity contribution in [2.75, 3.05) is 11.9 Å². The van der Waals surface area contributed by atoms with Gasteiger partial charge < -0.3 is 5.32 Å². The Labute approximate surface area is 138 Å². The summed E-state index contributed by atoms with van der Waals surface area (Å²) >= 11 is 3.14. The lowest BCUT2D eigenvalue weighted by atomic mass is 9.98. The second kappa shape index (κ2) is 6.44. The van der Waals surface area contributed by atoms with E-state index < -0.39 is 0 Å². The Hall–Kier alpha value is -1.31. The van der Waals surface area contributed by atoms with Crippen molar-refractivity contribution in [1.29, 1.82) is 0 Å². The van der Waals surface area contributed by atoms with Crippen LogP contribution in [-0.2, 0) is 10.3 Å². The van der Waals surface area contributed by atoms with Crippen LogP contribution in [0.3, 0.4) is 0 Å². The van der Waals surface area contributed by atoms with E-state index in [1.165, 1.54) is 24.2 Å². The largest absolute Gasteiger partial charge is 0.301 e. The summed E-state index contributed by atoms with van der Waals surface area (Å²) in [6, 6.07) is 0. The monoisotopic (exact) mass is 336 g/mol. The standard InChI is InChI=1S/C15H20N4OS2/c1-10-8-21-13(17-10)15(5-3-4-6-15)16-7-12(20)19-14-18-11(2)9-22-14/h8-9,16H,3-7H2,1-2H3,(H,18,19,20). The Balaban J connectivity index is 1.63. The van der Waals surface area contributed by atoms with Crippen molar-refractivity contribution in [3.05, 3.63) is 27.2 Å². The fraction of sp³-hybridized carbons (Fsp3) is 0.533. The first kappa shape index (κ1) is 15.6. The van der Waals surface area contributed by atoms with Crippen molar-refractivity contribution in [1.82, 2.24) is 15.3 Å². The first-order valence-electron chi connectivity index (χ1n) is 7.47. The molecule has 0 radical (unpaired) electrons. The zero-order valence-electron chi connectivity index (χ0n) is 12.8. The zero-order chi connectivity index (χ0) is 15.6. The van der Waals surface area contributed by atoms with Crippen molar-refractivity contribution in [2.45, 2.75) is 45.1 Å². The number of rotatable bonds is 5. The first-order valence-corrected chi connectivity index (χ1v) is 9.23. The maximum Gasteiger partial charge on any atom is 0.240 e. The molecule has 5 nitrogen and oxygen atoms in total. The minimum atomic E-state index is -0.130. The SMILES string of the molecule is Cc1csc(NC(=O)CNC2(c3nc(C)cs3)CCCC2)n1. The van der Waals surface area contributed by atoms with Crippen LogP contribution in [0.15, 0.2) is 10.8 Å². The van der Waals surface area contributed by atoms with Crippen LogP contribution in [0.2, 0.25) is 0 Å². The van der Waals surface area contributed by atoms with Crippen LogP contribution in [-0.4, -0.2) is 22.4 Å². The number of hydrogen-bond acceptors (Lipinski definition) is 6. The molecule has 0 unspecified atom stereocenters. The maximum absolute atomic E-state index is 12.1. The lowest BCUT2D eigenvalue weighted by molar-refractivity contribution is -0.115. The van der Waals surface area contributed by atoms with Gasteiger partial charge in [-0.2, -0.15) is 0 Å². The number of nitrogens with zero attached hydrogens (tertiary/aromatic N) is 2. The summed E-state index contributed by atoms with van der Waals surface area (Å²) < 4.78 is 0. The molecular weight excluding hydrogens is 316 g/mol. The zero-order valence-corrected chi connectivity index (χ0v) is 14.4. The molecule has 22 heavy (non-hydrogen) atoms. The topological polar surface area (TPSA) is 66.9 Å². The van der Waals surface area contributed by atoms with E-state index in [0.717, 1.165) is 29.2 Å². The Bertz CT molecular complexity index is 658. The van der Waals surface area contributed by atoms with E-state index in [-0.39, 0.29) is 18.0 Å². The fourth-order valence-electron chi connectivity index (χ4n) is 2.84. The Morgan fingerprint density at radius 2 is 1.86 bits per heavy atom. The third-order valence-electron chi connectivity index (χ3n) is 3.94. The molecule has 0 aromatic carbocycles. The molecule has 1 aliphatic carbocycles. The van der Waals surface area contributed by atoms with E-state index in [1.54, 1.807) is 11.3 Å². The molecule has 1 aliphatic rings. The second-order valence-corrected chi connectivity index (χ2v) is 7.50. The molecule has 1 fully saturated rings. The molecule has 1 saturated carbocycles. The number of nitrogens with one attached hydrogen (secondary N) is 2. The van der Waals surface area contributed by atoms with Gasteiger partial charge in [-0.25, -0.2) is 9.97 Å². The third-order valence-corrected chi connectivity index (χ3v) is 5.98. The van der Waals surface area contributed by atoms with Crippen LogP contribution in [0.25, 0.3) is 0 Å². The number of hydrogen-bond donors (Lipinski definition) is 2. The predicted octanol–water partition coefficient (Wildman–Crippen LogP) is 3.21. The van der Waals surface area contributed by atoms with E-state index in [9.17, 15) is 4.79 Å². The molecule has 0 bridgehead atoms. The van der Waals surface area contributed by atoms with Crippen molar-refractivity contribution >= 4 is 33.7 Å². The molecular formula is C15H20N4OS2. The average Bonchev–Trinajstić information content (AvgIpc) is 3.19. The number of anilines is 1. The minimum absolute atomic E-state index is 0.0473. The molecule has 2 aromatic heterocycles. The van der Waals surface area contributed by atoms with Gasteiger partial charge in [-0.1, -0.05) is 12.8 Å². The summed E-state index contributed by atoms with van der Waals surface area (Å²) in [5, 5.41) is 12.1. The summed E-state index contributed by atoms with van der Waals surface area (Å²) in [6.07, 6.45) is 4.45. The molecule has 2 heterocycles. The number of aromatic nitrogens is 2. The quantitative estimate of drug-likeness (QED) is 0.880. The highest BCUT2D eigenvalue weighted by molar-refractivity contribution is 7.13. The van der Waals surface area contributed by atoms with E-state index in [4.69, 9.17) is 0 Å². The summed E-state index contributed by atoms with van der Waals surface area (Å²) in [4.78, 5) is 21.0. The lowest BCUT2D eigenvalue weighted by Gasteiger charge is -2.28. The number of aryl methyl sites for hydroxylation is 2.